The van der Waals surface area contributed by atoms with Crippen LogP contribution in [0.5, 0.6) is 0 Å². The van der Waals surface area contributed by atoms with Gasteiger partial charge in [-0.25, -0.2) is 0 Å². The Morgan fingerprint density at radius 3 is 2.56 bits per heavy atom. The van der Waals surface area contributed by atoms with Gasteiger partial charge in [-0.3, -0.25) is 9.59 Å². The normalized spacial score (nSPS) is 48.8. The maximum absolute atomic E-state index is 12.2. The topological polar surface area (TPSA) is 54.4 Å². The lowest BCUT2D eigenvalue weighted by molar-refractivity contribution is -0.156. The summed E-state index contributed by atoms with van der Waals surface area (Å²) < 4.78 is 0. The van der Waals surface area contributed by atoms with Crippen molar-refractivity contribution in [3.63, 3.8) is 0 Å². The van der Waals surface area contributed by atoms with Gasteiger partial charge < -0.3 is 5.11 Å². The number of carbonyl (C=O) groups excluding carboxylic acids is 2. The van der Waals surface area contributed by atoms with Gasteiger partial charge in [0, 0.05) is 16.9 Å². The molecule has 4 heteroatoms. The number of allylic oxidation sites excluding steroid dienone is 4. The average Bonchev–Trinajstić information content (AvgIpc) is 2.83. The highest BCUT2D eigenvalue weighted by Gasteiger charge is 2.65. The number of rotatable bonds is 1. The number of aliphatic hydroxyl groups is 1. The van der Waals surface area contributed by atoms with Crippen LogP contribution < -0.4 is 0 Å². The Balaban J connectivity index is 1.80. The third-order valence-electron chi connectivity index (χ3n) is 8.29. The van der Waals surface area contributed by atoms with Crippen molar-refractivity contribution in [2.45, 2.75) is 64.9 Å². The number of carbonyl (C=O) groups is 2. The molecule has 4 rings (SSSR count). The molecule has 136 valence electrons. The molecule has 1 N–H and O–H groups in total. The Kier molecular flexibility index (Phi) is 3.70. The molecule has 3 nitrogen and oxygen atoms in total. The van der Waals surface area contributed by atoms with E-state index in [2.05, 4.69) is 19.9 Å². The second-order valence-corrected chi connectivity index (χ2v) is 9.57. The minimum Gasteiger partial charge on any atom is -0.382 e. The summed E-state index contributed by atoms with van der Waals surface area (Å²) in [5.41, 5.74) is -0.643. The Morgan fingerprint density at radius 2 is 1.88 bits per heavy atom. The van der Waals surface area contributed by atoms with Gasteiger partial charge in [0.25, 0.3) is 0 Å². The number of halogens is 1. The second-order valence-electron chi connectivity index (χ2n) is 9.16. The SMILES string of the molecule is CC(=O)C1(O)CCC2[C@@H]3C=C(Cl)C4=CC(=O)CC[C@]4(C)C3CC[C@@]21C. The van der Waals surface area contributed by atoms with E-state index in [1.54, 1.807) is 6.08 Å². The van der Waals surface area contributed by atoms with Crippen molar-refractivity contribution in [3.8, 4) is 0 Å². The molecule has 0 aromatic rings. The first-order valence-electron chi connectivity index (χ1n) is 9.49. The molecule has 0 aromatic heterocycles. The Hall–Kier alpha value is -0.930. The van der Waals surface area contributed by atoms with Crippen LogP contribution >= 0.6 is 11.6 Å². The van der Waals surface area contributed by atoms with E-state index in [9.17, 15) is 14.7 Å². The summed E-state index contributed by atoms with van der Waals surface area (Å²) in [5.74, 6) is 1.04. The highest BCUT2D eigenvalue weighted by Crippen LogP contribution is 2.67. The summed E-state index contributed by atoms with van der Waals surface area (Å²) >= 11 is 6.65. The smallest absolute Gasteiger partial charge is 0.161 e. The highest BCUT2D eigenvalue weighted by atomic mass is 35.5. The first-order valence-corrected chi connectivity index (χ1v) is 9.87. The lowest BCUT2D eigenvalue weighted by Gasteiger charge is -2.57. The number of Topliss-reactive ketones (excluding diaryl/α,β-unsaturated/α-hetero) is 1. The Morgan fingerprint density at radius 1 is 1.20 bits per heavy atom. The van der Waals surface area contributed by atoms with E-state index in [0.717, 1.165) is 31.3 Å². The number of hydrogen-bond acceptors (Lipinski definition) is 3. The van der Waals surface area contributed by atoms with Gasteiger partial charge in [0.2, 0.25) is 0 Å². The molecule has 0 amide bonds. The zero-order valence-corrected chi connectivity index (χ0v) is 16.0. The average molecular weight is 363 g/mol. The molecular formula is C21H27ClO3. The van der Waals surface area contributed by atoms with Gasteiger partial charge in [0.05, 0.1) is 0 Å². The summed E-state index contributed by atoms with van der Waals surface area (Å²) in [7, 11) is 0. The molecule has 6 atom stereocenters. The van der Waals surface area contributed by atoms with Gasteiger partial charge in [-0.05, 0) is 73.8 Å². The van der Waals surface area contributed by atoms with Gasteiger partial charge in [-0.1, -0.05) is 31.5 Å². The van der Waals surface area contributed by atoms with E-state index in [4.69, 9.17) is 11.6 Å². The largest absolute Gasteiger partial charge is 0.382 e. The van der Waals surface area contributed by atoms with Crippen LogP contribution in [0.15, 0.2) is 22.8 Å². The van der Waals surface area contributed by atoms with Crippen LogP contribution in [0.1, 0.15) is 59.3 Å². The van der Waals surface area contributed by atoms with Crippen molar-refractivity contribution in [2.24, 2.45) is 28.6 Å². The molecule has 25 heavy (non-hydrogen) atoms. The van der Waals surface area contributed by atoms with Crippen LogP contribution in [0.25, 0.3) is 0 Å². The molecule has 3 unspecified atom stereocenters. The predicted octanol–water partition coefficient (Wildman–Crippen LogP) is 4.18. The van der Waals surface area contributed by atoms with E-state index in [1.165, 1.54) is 6.92 Å². The number of hydrogen-bond donors (Lipinski definition) is 1. The lowest BCUT2D eigenvalue weighted by atomic mass is 9.48. The fourth-order valence-corrected chi connectivity index (χ4v) is 7.08. The zero-order valence-electron chi connectivity index (χ0n) is 15.3. The minimum absolute atomic E-state index is 0.0668. The van der Waals surface area contributed by atoms with Gasteiger partial charge in [-0.2, -0.15) is 0 Å². The molecule has 0 spiro atoms. The molecular weight excluding hydrogens is 336 g/mol. The van der Waals surface area contributed by atoms with Crippen molar-refractivity contribution in [2.75, 3.05) is 0 Å². The summed E-state index contributed by atoms with van der Waals surface area (Å²) in [4.78, 5) is 24.2. The van der Waals surface area contributed by atoms with E-state index in [0.29, 0.717) is 23.8 Å². The molecule has 2 saturated carbocycles. The summed E-state index contributed by atoms with van der Waals surface area (Å²) in [5, 5.41) is 11.9. The third-order valence-corrected chi connectivity index (χ3v) is 8.62. The van der Waals surface area contributed by atoms with Crippen LogP contribution in [0.3, 0.4) is 0 Å². The van der Waals surface area contributed by atoms with Gasteiger partial charge in [0.15, 0.2) is 11.6 Å². The molecule has 2 fully saturated rings. The summed E-state index contributed by atoms with van der Waals surface area (Å²) in [6, 6.07) is 0. The Labute approximate surface area is 154 Å². The first-order chi connectivity index (χ1) is 11.6. The van der Waals surface area contributed by atoms with E-state index < -0.39 is 5.60 Å². The lowest BCUT2D eigenvalue weighted by Crippen LogP contribution is -2.56. The molecule has 0 aliphatic heterocycles. The van der Waals surface area contributed by atoms with E-state index >= 15 is 0 Å². The van der Waals surface area contributed by atoms with Gasteiger partial charge in [-0.15, -0.1) is 0 Å². The van der Waals surface area contributed by atoms with Crippen LogP contribution in [-0.4, -0.2) is 22.3 Å². The quantitative estimate of drug-likeness (QED) is 0.761. The molecule has 4 aliphatic carbocycles. The fourth-order valence-electron chi connectivity index (χ4n) is 6.67. The molecule has 0 radical (unpaired) electrons. The van der Waals surface area contributed by atoms with E-state index in [-0.39, 0.29) is 34.2 Å². The van der Waals surface area contributed by atoms with Gasteiger partial charge in [0.1, 0.15) is 5.60 Å². The fraction of sp³-hybridized carbons (Fsp3) is 0.714. The molecule has 0 heterocycles. The monoisotopic (exact) mass is 362 g/mol. The maximum atomic E-state index is 12.2. The van der Waals surface area contributed by atoms with Crippen LogP contribution in [-0.2, 0) is 9.59 Å². The van der Waals surface area contributed by atoms with Crippen molar-refractivity contribution >= 4 is 23.2 Å². The van der Waals surface area contributed by atoms with Crippen molar-refractivity contribution in [1.82, 2.24) is 0 Å². The number of ketones is 2. The molecule has 0 saturated heterocycles. The Bertz CT molecular complexity index is 723. The summed E-state index contributed by atoms with van der Waals surface area (Å²) in [6.07, 6.45) is 8.57. The van der Waals surface area contributed by atoms with Crippen molar-refractivity contribution in [3.05, 3.63) is 22.8 Å². The standard InChI is InChI=1S/C21H27ClO3/c1-12(23)21(25)9-6-16-14-11-18(22)17-10-13(24)4-7-19(17,2)15(14)5-8-20(16,21)3/h10-11,14-16,25H,4-9H2,1-3H3/t14-,15?,16?,19-,20+,21?/m1/s1. The predicted molar refractivity (Wildman–Crippen MR) is 97.0 cm³/mol. The zero-order chi connectivity index (χ0) is 18.2. The van der Waals surface area contributed by atoms with Crippen LogP contribution in [0.4, 0.5) is 0 Å². The van der Waals surface area contributed by atoms with Crippen molar-refractivity contribution < 1.29 is 14.7 Å². The van der Waals surface area contributed by atoms with Crippen molar-refractivity contribution in [1.29, 1.82) is 0 Å². The summed E-state index contributed by atoms with van der Waals surface area (Å²) in [6.45, 7) is 5.88. The highest BCUT2D eigenvalue weighted by molar-refractivity contribution is 6.32. The number of fused-ring (bicyclic) bond motifs is 5. The van der Waals surface area contributed by atoms with Crippen LogP contribution in [0.2, 0.25) is 0 Å². The maximum Gasteiger partial charge on any atom is 0.161 e. The molecule has 0 aromatic carbocycles. The van der Waals surface area contributed by atoms with Crippen LogP contribution in [0, 0.1) is 28.6 Å². The third kappa shape index (κ3) is 2.09. The first kappa shape index (κ1) is 17.5. The minimum atomic E-state index is -1.21. The van der Waals surface area contributed by atoms with Gasteiger partial charge >= 0.3 is 0 Å². The molecule has 0 bridgehead atoms. The molecule has 4 aliphatic rings. The second kappa shape index (κ2) is 5.29. The van der Waals surface area contributed by atoms with E-state index in [1.807, 2.05) is 0 Å².